The predicted octanol–water partition coefficient (Wildman–Crippen LogP) is 1.10. The summed E-state index contributed by atoms with van der Waals surface area (Å²) in [6.45, 7) is 3.45. The van der Waals surface area contributed by atoms with Gasteiger partial charge in [-0.2, -0.15) is 22.5 Å². The third kappa shape index (κ3) is 3.61. The van der Waals surface area contributed by atoms with E-state index in [2.05, 4.69) is 9.82 Å². The first-order chi connectivity index (χ1) is 11.1. The van der Waals surface area contributed by atoms with Crippen LogP contribution in [0.5, 0.6) is 0 Å². The second-order valence-electron chi connectivity index (χ2n) is 5.37. The van der Waals surface area contributed by atoms with Crippen LogP contribution in [0.15, 0.2) is 42.7 Å². The van der Waals surface area contributed by atoms with Crippen LogP contribution in [0.2, 0.25) is 0 Å². The third-order valence-electron chi connectivity index (χ3n) is 3.79. The molecule has 1 aromatic carbocycles. The Balaban J connectivity index is 1.82. The van der Waals surface area contributed by atoms with Crippen molar-refractivity contribution < 1.29 is 13.2 Å². The third-order valence-corrected chi connectivity index (χ3v) is 5.49. The van der Waals surface area contributed by atoms with Crippen LogP contribution >= 0.6 is 0 Å². The molecule has 3 rings (SSSR count). The van der Waals surface area contributed by atoms with Gasteiger partial charge in [-0.25, -0.2) is 4.68 Å². The minimum Gasteiger partial charge on any atom is -0.379 e. The number of nitrogens with one attached hydrogen (secondary N) is 1. The number of hydrogen-bond acceptors (Lipinski definition) is 4. The first kappa shape index (κ1) is 16.1. The van der Waals surface area contributed by atoms with Crippen molar-refractivity contribution in [1.29, 1.82) is 0 Å². The van der Waals surface area contributed by atoms with E-state index in [9.17, 15) is 8.42 Å². The summed E-state index contributed by atoms with van der Waals surface area (Å²) >= 11 is 0. The largest absolute Gasteiger partial charge is 0.379 e. The van der Waals surface area contributed by atoms with Crippen molar-refractivity contribution in [3.63, 3.8) is 0 Å². The van der Waals surface area contributed by atoms with E-state index in [1.807, 2.05) is 43.5 Å². The molecule has 1 saturated heterocycles. The number of aromatic nitrogens is 2. The standard InChI is InChI=1S/C15H20N4O3S/c1-13(17-23(20,21)18-9-11-22-12-10-18)14-5-2-3-6-15(14)19-8-4-7-16-19/h2-8,13,17H,9-12H2,1H3. The van der Waals surface area contributed by atoms with Gasteiger partial charge in [-0.05, 0) is 24.6 Å². The van der Waals surface area contributed by atoms with Crippen LogP contribution in [-0.2, 0) is 14.9 Å². The summed E-state index contributed by atoms with van der Waals surface area (Å²) in [5.74, 6) is 0. The van der Waals surface area contributed by atoms with Crippen molar-refractivity contribution in [2.75, 3.05) is 26.3 Å². The lowest BCUT2D eigenvalue weighted by molar-refractivity contribution is 0.0723. The molecule has 0 bridgehead atoms. The average molecular weight is 336 g/mol. The van der Waals surface area contributed by atoms with E-state index < -0.39 is 10.2 Å². The summed E-state index contributed by atoms with van der Waals surface area (Å²) in [6, 6.07) is 9.08. The van der Waals surface area contributed by atoms with Crippen molar-refractivity contribution in [1.82, 2.24) is 18.8 Å². The highest BCUT2D eigenvalue weighted by Crippen LogP contribution is 2.22. The topological polar surface area (TPSA) is 76.5 Å². The molecule has 1 atom stereocenters. The van der Waals surface area contributed by atoms with E-state index in [-0.39, 0.29) is 6.04 Å². The molecule has 0 saturated carbocycles. The second kappa shape index (κ2) is 6.79. The number of morpholine rings is 1. The number of rotatable bonds is 5. The summed E-state index contributed by atoms with van der Waals surface area (Å²) in [7, 11) is -3.54. The SMILES string of the molecule is CC(NS(=O)(=O)N1CCOCC1)c1ccccc1-n1cccn1. The zero-order valence-corrected chi connectivity index (χ0v) is 13.7. The molecule has 0 radical (unpaired) electrons. The van der Waals surface area contributed by atoms with Gasteiger partial charge in [0, 0.05) is 31.5 Å². The minimum atomic E-state index is -3.54. The Morgan fingerprint density at radius 3 is 2.65 bits per heavy atom. The molecule has 1 aromatic heterocycles. The molecule has 1 aliphatic rings. The summed E-state index contributed by atoms with van der Waals surface area (Å²) in [4.78, 5) is 0. The fraction of sp³-hybridized carbons (Fsp3) is 0.400. The van der Waals surface area contributed by atoms with Crippen LogP contribution in [0.3, 0.4) is 0 Å². The van der Waals surface area contributed by atoms with Crippen LogP contribution in [-0.4, -0.2) is 48.8 Å². The molecule has 0 amide bonds. The lowest BCUT2D eigenvalue weighted by atomic mass is 10.1. The molecule has 0 spiro atoms. The number of benzene rings is 1. The van der Waals surface area contributed by atoms with Crippen LogP contribution in [0.25, 0.3) is 5.69 Å². The molecule has 124 valence electrons. The van der Waals surface area contributed by atoms with Gasteiger partial charge < -0.3 is 4.74 Å². The van der Waals surface area contributed by atoms with Crippen LogP contribution in [0.1, 0.15) is 18.5 Å². The quantitative estimate of drug-likeness (QED) is 0.887. The Morgan fingerprint density at radius 2 is 1.96 bits per heavy atom. The highest BCUT2D eigenvalue weighted by Gasteiger charge is 2.26. The van der Waals surface area contributed by atoms with Crippen molar-refractivity contribution in [2.24, 2.45) is 0 Å². The first-order valence-electron chi connectivity index (χ1n) is 7.52. The zero-order valence-electron chi connectivity index (χ0n) is 12.9. The van der Waals surface area contributed by atoms with Crippen molar-refractivity contribution in [3.8, 4) is 5.69 Å². The molecule has 1 aliphatic heterocycles. The maximum atomic E-state index is 12.5. The molecular weight excluding hydrogens is 316 g/mol. The normalized spacial score (nSPS) is 18.0. The summed E-state index contributed by atoms with van der Waals surface area (Å²) in [6.07, 6.45) is 3.53. The molecule has 8 heteroatoms. The molecule has 2 heterocycles. The van der Waals surface area contributed by atoms with E-state index in [0.717, 1.165) is 11.3 Å². The first-order valence-corrected chi connectivity index (χ1v) is 8.96. The van der Waals surface area contributed by atoms with Crippen LogP contribution in [0.4, 0.5) is 0 Å². The van der Waals surface area contributed by atoms with Gasteiger partial charge in [0.15, 0.2) is 0 Å². The molecule has 1 unspecified atom stereocenters. The van der Waals surface area contributed by atoms with Gasteiger partial charge >= 0.3 is 0 Å². The molecule has 23 heavy (non-hydrogen) atoms. The highest BCUT2D eigenvalue weighted by molar-refractivity contribution is 7.87. The lowest BCUT2D eigenvalue weighted by Gasteiger charge is -2.28. The van der Waals surface area contributed by atoms with Gasteiger partial charge in [-0.3, -0.25) is 0 Å². The number of hydrogen-bond donors (Lipinski definition) is 1. The Kier molecular flexibility index (Phi) is 4.76. The van der Waals surface area contributed by atoms with Crippen molar-refractivity contribution >= 4 is 10.2 Å². The minimum absolute atomic E-state index is 0.372. The Morgan fingerprint density at radius 1 is 1.22 bits per heavy atom. The fourth-order valence-corrected chi connectivity index (χ4v) is 3.97. The van der Waals surface area contributed by atoms with Crippen molar-refractivity contribution in [3.05, 3.63) is 48.3 Å². The Hall–Kier alpha value is -1.74. The van der Waals surface area contributed by atoms with Gasteiger partial charge in [-0.15, -0.1) is 0 Å². The number of para-hydroxylation sites is 1. The molecule has 7 nitrogen and oxygen atoms in total. The zero-order chi connectivity index (χ0) is 16.3. The monoisotopic (exact) mass is 336 g/mol. The summed E-state index contributed by atoms with van der Waals surface area (Å²) in [5.41, 5.74) is 1.72. The second-order valence-corrected chi connectivity index (χ2v) is 7.07. The van der Waals surface area contributed by atoms with Crippen molar-refractivity contribution in [2.45, 2.75) is 13.0 Å². The van der Waals surface area contributed by atoms with Gasteiger partial charge in [0.2, 0.25) is 0 Å². The van der Waals surface area contributed by atoms with E-state index in [4.69, 9.17) is 4.74 Å². The van der Waals surface area contributed by atoms with Crippen LogP contribution < -0.4 is 4.72 Å². The van der Waals surface area contributed by atoms with E-state index in [0.29, 0.717) is 26.3 Å². The molecule has 2 aromatic rings. The lowest BCUT2D eigenvalue weighted by Crippen LogP contribution is -2.47. The van der Waals surface area contributed by atoms with Gasteiger partial charge in [0.05, 0.1) is 18.9 Å². The van der Waals surface area contributed by atoms with E-state index >= 15 is 0 Å². The van der Waals surface area contributed by atoms with Crippen LogP contribution in [0, 0.1) is 0 Å². The molecule has 1 N–H and O–H groups in total. The molecule has 1 fully saturated rings. The van der Waals surface area contributed by atoms with Gasteiger partial charge in [0.25, 0.3) is 10.2 Å². The van der Waals surface area contributed by atoms with E-state index in [1.54, 1.807) is 10.9 Å². The van der Waals surface area contributed by atoms with E-state index in [1.165, 1.54) is 4.31 Å². The fourth-order valence-electron chi connectivity index (χ4n) is 2.62. The Bertz CT molecular complexity index is 740. The maximum Gasteiger partial charge on any atom is 0.280 e. The summed E-state index contributed by atoms with van der Waals surface area (Å²) in [5, 5.41) is 4.23. The van der Waals surface area contributed by atoms with Gasteiger partial charge in [0.1, 0.15) is 0 Å². The predicted molar refractivity (Wildman–Crippen MR) is 86.4 cm³/mol. The highest BCUT2D eigenvalue weighted by atomic mass is 32.2. The smallest absolute Gasteiger partial charge is 0.280 e. The summed E-state index contributed by atoms with van der Waals surface area (Å²) < 4.78 is 36.1. The number of ether oxygens (including phenoxy) is 1. The Labute approximate surface area is 136 Å². The molecule has 0 aliphatic carbocycles. The molecular formula is C15H20N4O3S. The van der Waals surface area contributed by atoms with Gasteiger partial charge in [-0.1, -0.05) is 18.2 Å². The number of nitrogens with zero attached hydrogens (tertiary/aromatic N) is 3. The maximum absolute atomic E-state index is 12.5. The average Bonchev–Trinajstić information content (AvgIpc) is 3.09.